The monoisotopic (exact) mass is 280 g/mol. The van der Waals surface area contributed by atoms with Crippen molar-refractivity contribution in [3.63, 3.8) is 0 Å². The zero-order valence-corrected chi connectivity index (χ0v) is 10.7. The molecule has 0 fully saturated rings. The predicted molar refractivity (Wildman–Crippen MR) is 68.4 cm³/mol. The van der Waals surface area contributed by atoms with Crippen LogP contribution >= 0.6 is 0 Å². The van der Waals surface area contributed by atoms with Gasteiger partial charge in [-0.05, 0) is 35.6 Å². The van der Waals surface area contributed by atoms with Crippen LogP contribution in [0.15, 0.2) is 18.2 Å². The van der Waals surface area contributed by atoms with E-state index in [0.29, 0.717) is 6.07 Å². The summed E-state index contributed by atoms with van der Waals surface area (Å²) in [6, 6.07) is 2.55. The van der Waals surface area contributed by atoms with Gasteiger partial charge in [-0.15, -0.1) is 0 Å². The standard InChI is InChI=1S/C14H9BF4O/c1-6-8(3-7(16)4-10(6)17)9-5-11(18)12(15)13(19)14(9)20-2/h3-5H,1-2H3. The summed E-state index contributed by atoms with van der Waals surface area (Å²) in [5.41, 5.74) is -0.766. The summed E-state index contributed by atoms with van der Waals surface area (Å²) >= 11 is 0. The Morgan fingerprint density at radius 1 is 0.950 bits per heavy atom. The predicted octanol–water partition coefficient (Wildman–Crippen LogP) is 3.02. The Kier molecular flexibility index (Phi) is 3.75. The zero-order chi connectivity index (χ0) is 15.0. The molecule has 0 N–H and O–H groups in total. The maximum Gasteiger partial charge on any atom is 0.161 e. The minimum Gasteiger partial charge on any atom is -0.493 e. The molecule has 0 saturated carbocycles. The Morgan fingerprint density at radius 3 is 2.20 bits per heavy atom. The molecule has 0 heterocycles. The van der Waals surface area contributed by atoms with Gasteiger partial charge in [0.15, 0.2) is 11.6 Å². The van der Waals surface area contributed by atoms with Gasteiger partial charge in [-0.25, -0.2) is 17.6 Å². The van der Waals surface area contributed by atoms with Crippen LogP contribution in [0.25, 0.3) is 11.1 Å². The summed E-state index contributed by atoms with van der Waals surface area (Å²) in [6.07, 6.45) is 0. The van der Waals surface area contributed by atoms with Crippen LogP contribution in [-0.2, 0) is 0 Å². The first-order chi connectivity index (χ1) is 9.36. The number of rotatable bonds is 2. The highest BCUT2D eigenvalue weighted by Crippen LogP contribution is 2.35. The van der Waals surface area contributed by atoms with Gasteiger partial charge < -0.3 is 4.74 Å². The summed E-state index contributed by atoms with van der Waals surface area (Å²) in [5, 5.41) is 0. The lowest BCUT2D eigenvalue weighted by atomic mass is 9.90. The van der Waals surface area contributed by atoms with Gasteiger partial charge in [-0.1, -0.05) is 0 Å². The van der Waals surface area contributed by atoms with Crippen LogP contribution in [0.4, 0.5) is 17.6 Å². The molecule has 0 aliphatic carbocycles. The molecular weight excluding hydrogens is 271 g/mol. The molecule has 0 aliphatic heterocycles. The van der Waals surface area contributed by atoms with Gasteiger partial charge in [-0.2, -0.15) is 0 Å². The van der Waals surface area contributed by atoms with Gasteiger partial charge >= 0.3 is 0 Å². The van der Waals surface area contributed by atoms with Gasteiger partial charge in [0, 0.05) is 11.6 Å². The fourth-order valence-corrected chi connectivity index (χ4v) is 1.94. The Bertz CT molecular complexity index is 686. The molecular formula is C14H9BF4O. The van der Waals surface area contributed by atoms with E-state index >= 15 is 0 Å². The molecule has 102 valence electrons. The van der Waals surface area contributed by atoms with Crippen molar-refractivity contribution in [3.05, 3.63) is 47.0 Å². The van der Waals surface area contributed by atoms with E-state index in [4.69, 9.17) is 12.6 Å². The second kappa shape index (κ2) is 5.19. The van der Waals surface area contributed by atoms with Crippen molar-refractivity contribution in [1.82, 2.24) is 0 Å². The molecule has 1 nitrogen and oxygen atoms in total. The van der Waals surface area contributed by atoms with Crippen LogP contribution in [0.5, 0.6) is 5.75 Å². The zero-order valence-electron chi connectivity index (χ0n) is 10.7. The quantitative estimate of drug-likeness (QED) is 0.607. The third kappa shape index (κ3) is 2.26. The van der Waals surface area contributed by atoms with Crippen molar-refractivity contribution in [2.75, 3.05) is 7.11 Å². The van der Waals surface area contributed by atoms with E-state index in [9.17, 15) is 17.6 Å². The number of hydrogen-bond acceptors (Lipinski definition) is 1. The number of methoxy groups -OCH3 is 1. The minimum atomic E-state index is -1.11. The third-order valence-corrected chi connectivity index (χ3v) is 3.01. The molecule has 0 aliphatic rings. The molecule has 2 aromatic carbocycles. The highest BCUT2D eigenvalue weighted by atomic mass is 19.1. The summed E-state index contributed by atoms with van der Waals surface area (Å²) in [5.74, 6) is -4.17. The number of benzene rings is 2. The van der Waals surface area contributed by atoms with Crippen molar-refractivity contribution >= 4 is 13.3 Å². The molecule has 0 bridgehead atoms. The molecule has 2 rings (SSSR count). The lowest BCUT2D eigenvalue weighted by Crippen LogP contribution is -2.16. The summed E-state index contributed by atoms with van der Waals surface area (Å²) in [4.78, 5) is 0. The van der Waals surface area contributed by atoms with Gasteiger partial charge in [0.05, 0.1) is 7.11 Å². The van der Waals surface area contributed by atoms with Crippen molar-refractivity contribution in [2.45, 2.75) is 6.92 Å². The first kappa shape index (κ1) is 14.4. The second-order valence-corrected chi connectivity index (χ2v) is 4.23. The van der Waals surface area contributed by atoms with Gasteiger partial charge in [-0.3, -0.25) is 0 Å². The Labute approximate surface area is 114 Å². The molecule has 0 saturated heterocycles. The molecule has 6 heteroatoms. The largest absolute Gasteiger partial charge is 0.493 e. The first-order valence-corrected chi connectivity index (χ1v) is 5.64. The normalized spacial score (nSPS) is 10.7. The van der Waals surface area contributed by atoms with E-state index in [-0.39, 0.29) is 22.4 Å². The maximum atomic E-state index is 13.9. The topological polar surface area (TPSA) is 9.23 Å². The lowest BCUT2D eigenvalue weighted by Gasteiger charge is -2.15. The molecule has 2 radical (unpaired) electrons. The van der Waals surface area contributed by atoms with Crippen LogP contribution in [-0.4, -0.2) is 15.0 Å². The van der Waals surface area contributed by atoms with E-state index in [1.54, 1.807) is 0 Å². The molecule has 0 spiro atoms. The summed E-state index contributed by atoms with van der Waals surface area (Å²) in [7, 11) is 6.38. The molecule has 0 atom stereocenters. The van der Waals surface area contributed by atoms with Crippen molar-refractivity contribution in [2.24, 2.45) is 0 Å². The van der Waals surface area contributed by atoms with Crippen molar-refractivity contribution < 1.29 is 22.3 Å². The average Bonchev–Trinajstić information content (AvgIpc) is 2.40. The van der Waals surface area contributed by atoms with Crippen molar-refractivity contribution in [1.29, 1.82) is 0 Å². The highest BCUT2D eigenvalue weighted by Gasteiger charge is 2.20. The fourth-order valence-electron chi connectivity index (χ4n) is 1.94. The molecule has 0 unspecified atom stereocenters. The Morgan fingerprint density at radius 2 is 1.60 bits per heavy atom. The van der Waals surface area contributed by atoms with E-state index in [1.807, 2.05) is 0 Å². The summed E-state index contributed by atoms with van der Waals surface area (Å²) in [6.45, 7) is 1.37. The average molecular weight is 280 g/mol. The number of hydrogen-bond donors (Lipinski definition) is 0. The van der Waals surface area contributed by atoms with Gasteiger partial charge in [0.1, 0.15) is 25.3 Å². The maximum absolute atomic E-state index is 13.9. The van der Waals surface area contributed by atoms with E-state index in [1.165, 1.54) is 6.92 Å². The molecule has 0 aromatic heterocycles. The van der Waals surface area contributed by atoms with E-state index < -0.39 is 28.7 Å². The summed E-state index contributed by atoms with van der Waals surface area (Å²) < 4.78 is 59.1. The lowest BCUT2D eigenvalue weighted by molar-refractivity contribution is 0.388. The third-order valence-electron chi connectivity index (χ3n) is 3.01. The smallest absolute Gasteiger partial charge is 0.161 e. The number of halogens is 4. The van der Waals surface area contributed by atoms with Crippen LogP contribution in [0.1, 0.15) is 5.56 Å². The van der Waals surface area contributed by atoms with Crippen LogP contribution in [0.2, 0.25) is 0 Å². The van der Waals surface area contributed by atoms with Crippen LogP contribution in [0, 0.1) is 30.2 Å². The van der Waals surface area contributed by atoms with Crippen molar-refractivity contribution in [3.8, 4) is 16.9 Å². The van der Waals surface area contributed by atoms with Crippen LogP contribution < -0.4 is 10.2 Å². The van der Waals surface area contributed by atoms with Gasteiger partial charge in [0.2, 0.25) is 0 Å². The number of ether oxygens (including phenoxy) is 1. The highest BCUT2D eigenvalue weighted by molar-refractivity contribution is 6.33. The van der Waals surface area contributed by atoms with E-state index in [2.05, 4.69) is 0 Å². The first-order valence-electron chi connectivity index (χ1n) is 5.64. The Hall–Kier alpha value is -1.98. The van der Waals surface area contributed by atoms with E-state index in [0.717, 1.165) is 19.2 Å². The minimum absolute atomic E-state index is 0.00264. The van der Waals surface area contributed by atoms with Crippen LogP contribution in [0.3, 0.4) is 0 Å². The second-order valence-electron chi connectivity index (χ2n) is 4.23. The molecule has 20 heavy (non-hydrogen) atoms. The SMILES string of the molecule is [B]c1c(F)cc(-c2cc(F)cc(F)c2C)c(OC)c1F. The van der Waals surface area contributed by atoms with Gasteiger partial charge in [0.25, 0.3) is 0 Å². The fraction of sp³-hybridized carbons (Fsp3) is 0.143. The molecule has 0 amide bonds. The molecule has 2 aromatic rings. The Balaban J connectivity index is 2.83.